The summed E-state index contributed by atoms with van der Waals surface area (Å²) in [5, 5.41) is 5.04. The number of halogens is 2. The van der Waals surface area contributed by atoms with Gasteiger partial charge in [0.15, 0.2) is 0 Å². The standard InChI is InChI=1S/C18H18F2N2O6S/c1-27-9-10-28-18(24)22-14-4-2-3-13(11-14)21-16(23)12-5-7-15(8-6-12)29(25,26)17(19)20/h2-8,11,17H,9-10H2,1H3,(H,21,23)(H,22,24). The number of carbonyl (C=O) groups excluding carboxylic acids is 2. The van der Waals surface area contributed by atoms with Crippen LogP contribution in [0.2, 0.25) is 0 Å². The molecule has 29 heavy (non-hydrogen) atoms. The smallest absolute Gasteiger partial charge is 0.411 e. The molecular formula is C18H18F2N2O6S. The molecule has 2 rings (SSSR count). The highest BCUT2D eigenvalue weighted by Crippen LogP contribution is 2.20. The van der Waals surface area contributed by atoms with Crippen LogP contribution in [-0.2, 0) is 19.3 Å². The van der Waals surface area contributed by atoms with E-state index in [-0.39, 0.29) is 18.8 Å². The SMILES string of the molecule is COCCOC(=O)Nc1cccc(NC(=O)c2ccc(S(=O)(=O)C(F)F)cc2)c1. The van der Waals surface area contributed by atoms with Crippen LogP contribution >= 0.6 is 0 Å². The lowest BCUT2D eigenvalue weighted by molar-refractivity contribution is 0.102. The maximum atomic E-state index is 12.5. The lowest BCUT2D eigenvalue weighted by Gasteiger charge is -2.10. The minimum absolute atomic E-state index is 0.0653. The second-order valence-corrected chi connectivity index (χ2v) is 7.54. The van der Waals surface area contributed by atoms with E-state index in [9.17, 15) is 26.8 Å². The molecule has 156 valence electrons. The van der Waals surface area contributed by atoms with Crippen molar-refractivity contribution < 1.29 is 36.3 Å². The minimum Gasteiger partial charge on any atom is -0.447 e. The van der Waals surface area contributed by atoms with Crippen molar-refractivity contribution in [1.29, 1.82) is 0 Å². The summed E-state index contributed by atoms with van der Waals surface area (Å²) >= 11 is 0. The van der Waals surface area contributed by atoms with Crippen molar-refractivity contribution in [1.82, 2.24) is 0 Å². The first-order valence-corrected chi connectivity index (χ1v) is 9.75. The Morgan fingerprint density at radius 1 is 1.00 bits per heavy atom. The Kier molecular flexibility index (Phi) is 7.62. The van der Waals surface area contributed by atoms with E-state index >= 15 is 0 Å². The number of benzene rings is 2. The number of hydrogen-bond acceptors (Lipinski definition) is 6. The van der Waals surface area contributed by atoms with Gasteiger partial charge in [0.05, 0.1) is 11.5 Å². The van der Waals surface area contributed by atoms with E-state index in [4.69, 9.17) is 9.47 Å². The van der Waals surface area contributed by atoms with Crippen LogP contribution in [0.3, 0.4) is 0 Å². The van der Waals surface area contributed by atoms with Crippen LogP contribution in [0, 0.1) is 0 Å². The topological polar surface area (TPSA) is 111 Å². The Hall–Kier alpha value is -3.05. The van der Waals surface area contributed by atoms with E-state index in [2.05, 4.69) is 10.6 Å². The van der Waals surface area contributed by atoms with Gasteiger partial charge in [0.1, 0.15) is 6.61 Å². The summed E-state index contributed by atoms with van der Waals surface area (Å²) in [6.45, 7) is 0.330. The average Bonchev–Trinajstić information content (AvgIpc) is 2.68. The highest BCUT2D eigenvalue weighted by atomic mass is 32.2. The second kappa shape index (κ2) is 9.94. The maximum Gasteiger partial charge on any atom is 0.411 e. The van der Waals surface area contributed by atoms with Gasteiger partial charge in [-0.05, 0) is 42.5 Å². The number of alkyl halides is 2. The zero-order valence-corrected chi connectivity index (χ0v) is 16.0. The summed E-state index contributed by atoms with van der Waals surface area (Å²) in [6, 6.07) is 10.3. The Morgan fingerprint density at radius 3 is 2.21 bits per heavy atom. The Bertz CT molecular complexity index is 965. The number of nitrogens with one attached hydrogen (secondary N) is 2. The van der Waals surface area contributed by atoms with Gasteiger partial charge in [-0.2, -0.15) is 8.78 Å². The monoisotopic (exact) mass is 428 g/mol. The number of amides is 2. The normalized spacial score (nSPS) is 11.2. The first kappa shape index (κ1) is 22.2. The lowest BCUT2D eigenvalue weighted by Crippen LogP contribution is -2.17. The van der Waals surface area contributed by atoms with Crippen LogP contribution in [0.4, 0.5) is 25.0 Å². The lowest BCUT2D eigenvalue weighted by atomic mass is 10.2. The van der Waals surface area contributed by atoms with E-state index in [1.54, 1.807) is 18.2 Å². The fraction of sp³-hybridized carbons (Fsp3) is 0.222. The van der Waals surface area contributed by atoms with Crippen LogP contribution in [0.1, 0.15) is 10.4 Å². The number of ether oxygens (including phenoxy) is 2. The van der Waals surface area contributed by atoms with E-state index < -0.39 is 32.5 Å². The molecule has 0 heterocycles. The van der Waals surface area contributed by atoms with Crippen molar-refractivity contribution in [2.45, 2.75) is 10.7 Å². The molecule has 0 aliphatic rings. The molecule has 0 spiro atoms. The third-order valence-corrected chi connectivity index (χ3v) is 4.97. The van der Waals surface area contributed by atoms with Crippen molar-refractivity contribution in [3.63, 3.8) is 0 Å². The van der Waals surface area contributed by atoms with E-state index in [0.717, 1.165) is 24.3 Å². The Labute approximate surface area is 165 Å². The van der Waals surface area contributed by atoms with E-state index in [1.165, 1.54) is 13.2 Å². The summed E-state index contributed by atoms with van der Waals surface area (Å²) in [5.74, 6) is -4.13. The molecule has 0 saturated heterocycles. The van der Waals surface area contributed by atoms with Crippen molar-refractivity contribution in [3.05, 3.63) is 54.1 Å². The van der Waals surface area contributed by atoms with Gasteiger partial charge in [-0.15, -0.1) is 0 Å². The van der Waals surface area contributed by atoms with Gasteiger partial charge >= 0.3 is 11.9 Å². The van der Waals surface area contributed by atoms with Crippen molar-refractivity contribution >= 4 is 33.2 Å². The fourth-order valence-electron chi connectivity index (χ4n) is 2.15. The largest absolute Gasteiger partial charge is 0.447 e. The van der Waals surface area contributed by atoms with Gasteiger partial charge in [0.25, 0.3) is 5.91 Å². The minimum atomic E-state index is -4.73. The first-order valence-electron chi connectivity index (χ1n) is 8.20. The number of methoxy groups -OCH3 is 1. The maximum absolute atomic E-state index is 12.5. The second-order valence-electron chi connectivity index (χ2n) is 5.62. The number of rotatable bonds is 8. The molecule has 0 unspecified atom stereocenters. The summed E-state index contributed by atoms with van der Waals surface area (Å²) in [5.41, 5.74) is 0.771. The molecule has 2 aromatic carbocycles. The van der Waals surface area contributed by atoms with Gasteiger partial charge < -0.3 is 14.8 Å². The third-order valence-electron chi connectivity index (χ3n) is 3.57. The number of hydrogen-bond donors (Lipinski definition) is 2. The van der Waals surface area contributed by atoms with Crippen LogP contribution in [0.25, 0.3) is 0 Å². The zero-order valence-electron chi connectivity index (χ0n) is 15.2. The molecular weight excluding hydrogens is 410 g/mol. The molecule has 0 atom stereocenters. The fourth-order valence-corrected chi connectivity index (χ4v) is 2.87. The molecule has 0 aliphatic carbocycles. The third kappa shape index (κ3) is 6.22. The molecule has 8 nitrogen and oxygen atoms in total. The van der Waals surface area contributed by atoms with Gasteiger partial charge in [0.2, 0.25) is 9.84 Å². The van der Waals surface area contributed by atoms with E-state index in [1.807, 2.05) is 0 Å². The number of carbonyl (C=O) groups is 2. The molecule has 0 aromatic heterocycles. The summed E-state index contributed by atoms with van der Waals surface area (Å²) in [7, 11) is -3.26. The predicted octanol–water partition coefficient (Wildman–Crippen LogP) is 3.13. The quantitative estimate of drug-likeness (QED) is 0.625. The number of sulfone groups is 1. The molecule has 0 aliphatic heterocycles. The average molecular weight is 428 g/mol. The van der Waals surface area contributed by atoms with E-state index in [0.29, 0.717) is 11.4 Å². The number of anilines is 2. The van der Waals surface area contributed by atoms with Crippen LogP contribution in [0.5, 0.6) is 0 Å². The van der Waals surface area contributed by atoms with Crippen LogP contribution in [0.15, 0.2) is 53.4 Å². The molecule has 0 radical (unpaired) electrons. The highest BCUT2D eigenvalue weighted by molar-refractivity contribution is 7.91. The zero-order chi connectivity index (χ0) is 21.4. The predicted molar refractivity (Wildman–Crippen MR) is 101 cm³/mol. The molecule has 11 heteroatoms. The van der Waals surface area contributed by atoms with Gasteiger partial charge in [0, 0.05) is 24.0 Å². The van der Waals surface area contributed by atoms with Crippen LogP contribution < -0.4 is 10.6 Å². The molecule has 2 aromatic rings. The van der Waals surface area contributed by atoms with Gasteiger partial charge in [-0.3, -0.25) is 10.1 Å². The Morgan fingerprint density at radius 2 is 1.62 bits per heavy atom. The molecule has 0 bridgehead atoms. The highest BCUT2D eigenvalue weighted by Gasteiger charge is 2.26. The Balaban J connectivity index is 2.03. The first-order chi connectivity index (χ1) is 13.7. The summed E-state index contributed by atoms with van der Waals surface area (Å²) in [6.07, 6.45) is -0.693. The molecule has 2 amide bonds. The summed E-state index contributed by atoms with van der Waals surface area (Å²) < 4.78 is 57.5. The van der Waals surface area contributed by atoms with Crippen molar-refractivity contribution in [2.75, 3.05) is 31.0 Å². The van der Waals surface area contributed by atoms with Crippen molar-refractivity contribution in [2.24, 2.45) is 0 Å². The molecule has 2 N–H and O–H groups in total. The van der Waals surface area contributed by atoms with Crippen molar-refractivity contribution in [3.8, 4) is 0 Å². The molecule has 0 saturated carbocycles. The molecule has 0 fully saturated rings. The van der Waals surface area contributed by atoms with Gasteiger partial charge in [-0.25, -0.2) is 13.2 Å². The van der Waals surface area contributed by atoms with Crippen LogP contribution in [-0.4, -0.2) is 46.5 Å². The van der Waals surface area contributed by atoms with Gasteiger partial charge in [-0.1, -0.05) is 6.07 Å². The summed E-state index contributed by atoms with van der Waals surface area (Å²) in [4.78, 5) is 23.3.